The van der Waals surface area contributed by atoms with Gasteiger partial charge in [-0.2, -0.15) is 0 Å². The van der Waals surface area contributed by atoms with Crippen LogP contribution in [0.2, 0.25) is 0 Å². The Labute approximate surface area is 193 Å². The third-order valence-electron chi connectivity index (χ3n) is 6.47. The van der Waals surface area contributed by atoms with Crippen LogP contribution in [0, 0.1) is 0 Å². The molecule has 0 bridgehead atoms. The predicted molar refractivity (Wildman–Crippen MR) is 120 cm³/mol. The standard InChI is InChI=1S/C24H23F3N4O3/c1-33-16-5-7-19-18(14-16)29-23(21-3-2-10-31(19)21)8-11-30(12-9-23)22(32)15-4-6-17(28)20(13-15)34-24(25,26)27/h2-7,10,13-14,29H,8-9,11-12,28H2,1H3. The Morgan fingerprint density at radius 2 is 1.88 bits per heavy atom. The van der Waals surface area contributed by atoms with E-state index in [9.17, 15) is 18.0 Å². The van der Waals surface area contributed by atoms with Gasteiger partial charge in [-0.1, -0.05) is 0 Å². The Morgan fingerprint density at radius 1 is 1.12 bits per heavy atom. The summed E-state index contributed by atoms with van der Waals surface area (Å²) >= 11 is 0. The number of benzene rings is 2. The van der Waals surface area contributed by atoms with Crippen LogP contribution in [0.3, 0.4) is 0 Å². The van der Waals surface area contributed by atoms with Gasteiger partial charge in [0.05, 0.1) is 29.7 Å². The molecule has 178 valence electrons. The number of likely N-dealkylation sites (tertiary alicyclic amines) is 1. The first-order chi connectivity index (χ1) is 16.2. The van der Waals surface area contributed by atoms with E-state index in [1.807, 2.05) is 30.5 Å². The molecule has 10 heteroatoms. The Kier molecular flexibility index (Phi) is 5.11. The van der Waals surface area contributed by atoms with E-state index in [0.717, 1.165) is 28.9 Å². The minimum absolute atomic E-state index is 0.0967. The summed E-state index contributed by atoms with van der Waals surface area (Å²) in [6, 6.07) is 13.6. The van der Waals surface area contributed by atoms with Crippen LogP contribution in [0.5, 0.6) is 11.5 Å². The van der Waals surface area contributed by atoms with Gasteiger partial charge in [-0.3, -0.25) is 4.79 Å². The summed E-state index contributed by atoms with van der Waals surface area (Å²) in [7, 11) is 1.62. The number of nitrogens with zero attached hydrogens (tertiary/aromatic N) is 2. The van der Waals surface area contributed by atoms with Gasteiger partial charge in [-0.05, 0) is 55.3 Å². The summed E-state index contributed by atoms with van der Waals surface area (Å²) < 4.78 is 49.5. The average molecular weight is 472 g/mol. The van der Waals surface area contributed by atoms with Crippen LogP contribution in [0.15, 0.2) is 54.7 Å². The maximum atomic E-state index is 13.1. The number of hydrogen-bond acceptors (Lipinski definition) is 5. The molecule has 3 N–H and O–H groups in total. The minimum Gasteiger partial charge on any atom is -0.497 e. The lowest BCUT2D eigenvalue weighted by Gasteiger charge is -2.46. The van der Waals surface area contributed by atoms with Gasteiger partial charge in [0.25, 0.3) is 5.91 Å². The van der Waals surface area contributed by atoms with Crippen molar-refractivity contribution in [2.75, 3.05) is 31.2 Å². The van der Waals surface area contributed by atoms with E-state index in [0.29, 0.717) is 25.9 Å². The van der Waals surface area contributed by atoms with Crippen molar-refractivity contribution in [2.45, 2.75) is 24.7 Å². The van der Waals surface area contributed by atoms with E-state index in [2.05, 4.69) is 20.7 Å². The molecular formula is C24H23F3N4O3. The first-order valence-corrected chi connectivity index (χ1v) is 10.8. The number of piperidine rings is 1. The molecule has 1 fully saturated rings. The fraction of sp³-hybridized carbons (Fsp3) is 0.292. The molecule has 0 radical (unpaired) electrons. The van der Waals surface area contributed by atoms with Crippen molar-refractivity contribution in [3.63, 3.8) is 0 Å². The zero-order valence-corrected chi connectivity index (χ0v) is 18.4. The Balaban J connectivity index is 1.37. The Morgan fingerprint density at radius 3 is 2.59 bits per heavy atom. The average Bonchev–Trinajstić information content (AvgIpc) is 3.31. The highest BCUT2D eigenvalue weighted by Gasteiger charge is 2.42. The number of fused-ring (bicyclic) bond motifs is 4. The molecule has 0 saturated carbocycles. The van der Waals surface area contributed by atoms with Gasteiger partial charge in [-0.15, -0.1) is 13.2 Å². The molecule has 2 aliphatic rings. The number of nitrogens with one attached hydrogen (secondary N) is 1. The SMILES string of the molecule is COc1ccc2c(c1)NC1(CCN(C(=O)c3ccc(N)c(OC(F)(F)F)c3)CC1)c1cccn1-2. The van der Waals surface area contributed by atoms with E-state index in [4.69, 9.17) is 10.5 Å². The normalized spacial score (nSPS) is 16.4. The highest BCUT2D eigenvalue weighted by atomic mass is 19.4. The molecule has 3 aromatic rings. The second-order valence-electron chi connectivity index (χ2n) is 8.45. The number of aromatic nitrogens is 1. The molecule has 1 saturated heterocycles. The molecule has 3 heterocycles. The van der Waals surface area contributed by atoms with Crippen molar-refractivity contribution in [3.05, 3.63) is 66.0 Å². The monoisotopic (exact) mass is 472 g/mol. The van der Waals surface area contributed by atoms with E-state index in [1.54, 1.807) is 12.0 Å². The number of rotatable bonds is 3. The number of halogens is 3. The topological polar surface area (TPSA) is 81.8 Å². The first kappa shape index (κ1) is 22.0. The van der Waals surface area contributed by atoms with Crippen LogP contribution < -0.4 is 20.5 Å². The molecule has 1 aromatic heterocycles. The van der Waals surface area contributed by atoms with E-state index >= 15 is 0 Å². The molecule has 5 rings (SSSR count). The summed E-state index contributed by atoms with van der Waals surface area (Å²) in [4.78, 5) is 14.7. The highest BCUT2D eigenvalue weighted by molar-refractivity contribution is 5.95. The molecule has 2 aliphatic heterocycles. The lowest BCUT2D eigenvalue weighted by molar-refractivity contribution is -0.274. The summed E-state index contributed by atoms with van der Waals surface area (Å²) in [5.41, 5.74) is 8.18. The molecule has 2 aromatic carbocycles. The van der Waals surface area contributed by atoms with Gasteiger partial charge >= 0.3 is 6.36 Å². The van der Waals surface area contributed by atoms with E-state index in [-0.39, 0.29) is 22.7 Å². The number of carbonyl (C=O) groups excluding carboxylic acids is 1. The van der Waals surface area contributed by atoms with Crippen LogP contribution in [-0.2, 0) is 5.54 Å². The quantitative estimate of drug-likeness (QED) is 0.548. The van der Waals surface area contributed by atoms with Crippen LogP contribution >= 0.6 is 0 Å². The van der Waals surface area contributed by atoms with Gasteiger partial charge in [0.2, 0.25) is 0 Å². The number of amides is 1. The number of methoxy groups -OCH3 is 1. The summed E-state index contributed by atoms with van der Waals surface area (Å²) in [6.45, 7) is 0.853. The van der Waals surface area contributed by atoms with Gasteiger partial charge in [0.1, 0.15) is 5.75 Å². The van der Waals surface area contributed by atoms with Crippen LogP contribution in [0.1, 0.15) is 28.9 Å². The fourth-order valence-corrected chi connectivity index (χ4v) is 4.79. The van der Waals surface area contributed by atoms with E-state index in [1.165, 1.54) is 12.1 Å². The smallest absolute Gasteiger partial charge is 0.497 e. The second kappa shape index (κ2) is 7.89. The Hall–Kier alpha value is -3.82. The molecule has 7 nitrogen and oxygen atoms in total. The number of alkyl halides is 3. The van der Waals surface area contributed by atoms with Crippen LogP contribution in [-0.4, -0.2) is 41.9 Å². The van der Waals surface area contributed by atoms with Gasteiger partial charge in [-0.25, -0.2) is 0 Å². The molecule has 0 atom stereocenters. The molecule has 0 aliphatic carbocycles. The first-order valence-electron chi connectivity index (χ1n) is 10.8. The lowest BCUT2D eigenvalue weighted by Crippen LogP contribution is -2.51. The van der Waals surface area contributed by atoms with Crippen molar-refractivity contribution in [1.82, 2.24) is 9.47 Å². The number of ether oxygens (including phenoxy) is 2. The number of nitrogens with two attached hydrogens (primary N) is 1. The fourth-order valence-electron chi connectivity index (χ4n) is 4.79. The number of hydrogen-bond donors (Lipinski definition) is 2. The predicted octanol–water partition coefficient (Wildman–Crippen LogP) is 4.52. The third-order valence-corrected chi connectivity index (χ3v) is 6.47. The number of nitrogen functional groups attached to an aromatic ring is 1. The van der Waals surface area contributed by atoms with Crippen LogP contribution in [0.25, 0.3) is 5.69 Å². The molecule has 0 unspecified atom stereocenters. The maximum absolute atomic E-state index is 13.1. The van der Waals surface area contributed by atoms with Gasteiger partial charge in [0.15, 0.2) is 5.75 Å². The molecule has 34 heavy (non-hydrogen) atoms. The minimum atomic E-state index is -4.90. The molecule has 1 amide bonds. The van der Waals surface area contributed by atoms with Crippen molar-refractivity contribution < 1.29 is 27.4 Å². The van der Waals surface area contributed by atoms with Crippen molar-refractivity contribution in [2.24, 2.45) is 0 Å². The summed E-state index contributed by atoms with van der Waals surface area (Å²) in [6.07, 6.45) is -1.63. The van der Waals surface area contributed by atoms with Crippen molar-refractivity contribution >= 4 is 17.3 Å². The number of anilines is 2. The van der Waals surface area contributed by atoms with Gasteiger partial charge < -0.3 is 30.0 Å². The van der Waals surface area contributed by atoms with E-state index < -0.39 is 12.1 Å². The number of carbonyl (C=O) groups is 1. The molecule has 1 spiro atoms. The van der Waals surface area contributed by atoms with Crippen molar-refractivity contribution in [3.8, 4) is 17.2 Å². The van der Waals surface area contributed by atoms with Crippen LogP contribution in [0.4, 0.5) is 24.5 Å². The largest absolute Gasteiger partial charge is 0.573 e. The maximum Gasteiger partial charge on any atom is 0.573 e. The Bertz CT molecular complexity index is 1250. The zero-order valence-electron chi connectivity index (χ0n) is 18.4. The molecular weight excluding hydrogens is 449 g/mol. The summed E-state index contributed by atoms with van der Waals surface area (Å²) in [5.74, 6) is -0.204. The van der Waals surface area contributed by atoms with Gasteiger partial charge in [0, 0.05) is 36.6 Å². The zero-order chi connectivity index (χ0) is 24.1. The summed E-state index contributed by atoms with van der Waals surface area (Å²) in [5, 5.41) is 3.67. The van der Waals surface area contributed by atoms with Crippen molar-refractivity contribution in [1.29, 1.82) is 0 Å². The lowest BCUT2D eigenvalue weighted by atomic mass is 9.82. The second-order valence-corrected chi connectivity index (χ2v) is 8.45. The third kappa shape index (κ3) is 3.78. The highest BCUT2D eigenvalue weighted by Crippen LogP contribution is 2.44.